The Labute approximate surface area is 130 Å². The number of nitrogens with one attached hydrogen (secondary N) is 1. The number of aryl methyl sites for hydroxylation is 2. The molecule has 0 aliphatic carbocycles. The number of halogens is 1. The van der Waals surface area contributed by atoms with Gasteiger partial charge in [-0.1, -0.05) is 0 Å². The summed E-state index contributed by atoms with van der Waals surface area (Å²) >= 11 is 0. The van der Waals surface area contributed by atoms with Gasteiger partial charge in [-0.25, -0.2) is 0 Å². The highest BCUT2D eigenvalue weighted by molar-refractivity contribution is 5.85. The smallest absolute Gasteiger partial charge is 0.242 e. The molecule has 1 amide bonds. The van der Waals surface area contributed by atoms with Crippen molar-refractivity contribution in [2.75, 3.05) is 33.5 Å². The van der Waals surface area contributed by atoms with E-state index in [-0.39, 0.29) is 31.0 Å². The van der Waals surface area contributed by atoms with Crippen molar-refractivity contribution in [2.24, 2.45) is 5.73 Å². The van der Waals surface area contributed by atoms with Gasteiger partial charge in [-0.2, -0.15) is 5.10 Å². The fraction of sp³-hybridized carbons (Fsp3) is 0.692. The monoisotopic (exact) mass is 318 g/mol. The standard InChI is InChI=1S/C13H22N4O3.ClH/c1-8-12(9(2)16-15-8)11-7-20-5-4-17(11)13(18)10(14)6-19-3;/h10-11H,4-7,14H2,1-3H3,(H,15,16);1H. The van der Waals surface area contributed by atoms with Crippen LogP contribution in [0.4, 0.5) is 0 Å². The fourth-order valence-corrected chi connectivity index (χ4v) is 2.62. The molecule has 1 aromatic heterocycles. The van der Waals surface area contributed by atoms with E-state index in [9.17, 15) is 4.79 Å². The number of methoxy groups -OCH3 is 1. The number of carbonyl (C=O) groups excluding carboxylic acids is 1. The molecule has 2 atom stereocenters. The van der Waals surface area contributed by atoms with Crippen molar-refractivity contribution >= 4 is 18.3 Å². The lowest BCUT2D eigenvalue weighted by molar-refractivity contribution is -0.142. The van der Waals surface area contributed by atoms with Gasteiger partial charge in [0.05, 0.1) is 31.6 Å². The molecule has 0 radical (unpaired) electrons. The number of aromatic amines is 1. The zero-order valence-corrected chi connectivity index (χ0v) is 13.4. The van der Waals surface area contributed by atoms with Crippen LogP contribution in [-0.2, 0) is 14.3 Å². The Hall–Kier alpha value is -1.15. The van der Waals surface area contributed by atoms with E-state index in [4.69, 9.17) is 15.2 Å². The van der Waals surface area contributed by atoms with Crippen molar-refractivity contribution in [2.45, 2.75) is 25.9 Å². The first-order valence-corrected chi connectivity index (χ1v) is 6.70. The highest BCUT2D eigenvalue weighted by Gasteiger charge is 2.33. The summed E-state index contributed by atoms with van der Waals surface area (Å²) in [5, 5.41) is 7.14. The average molecular weight is 319 g/mol. The minimum Gasteiger partial charge on any atom is -0.383 e. The second kappa shape index (κ2) is 7.74. The van der Waals surface area contributed by atoms with Crippen LogP contribution in [0.25, 0.3) is 0 Å². The van der Waals surface area contributed by atoms with Gasteiger partial charge in [0.2, 0.25) is 5.91 Å². The second-order valence-corrected chi connectivity index (χ2v) is 5.03. The van der Waals surface area contributed by atoms with Crippen LogP contribution < -0.4 is 5.73 Å². The molecule has 1 aliphatic rings. The van der Waals surface area contributed by atoms with Crippen molar-refractivity contribution in [1.82, 2.24) is 15.1 Å². The molecule has 1 saturated heterocycles. The van der Waals surface area contributed by atoms with E-state index < -0.39 is 6.04 Å². The molecule has 2 heterocycles. The SMILES string of the molecule is COCC(N)C(=O)N1CCOCC1c1c(C)n[nH]c1C.Cl. The van der Waals surface area contributed by atoms with Gasteiger partial charge in [-0.05, 0) is 13.8 Å². The molecule has 0 aromatic carbocycles. The molecule has 2 rings (SSSR count). The third kappa shape index (κ3) is 3.74. The van der Waals surface area contributed by atoms with E-state index >= 15 is 0 Å². The molecule has 21 heavy (non-hydrogen) atoms. The van der Waals surface area contributed by atoms with Crippen LogP contribution in [0.2, 0.25) is 0 Å². The Morgan fingerprint density at radius 1 is 1.62 bits per heavy atom. The van der Waals surface area contributed by atoms with Gasteiger partial charge < -0.3 is 20.1 Å². The van der Waals surface area contributed by atoms with Crippen LogP contribution in [0, 0.1) is 13.8 Å². The van der Waals surface area contributed by atoms with Crippen LogP contribution in [0.5, 0.6) is 0 Å². The Bertz CT molecular complexity index is 460. The minimum absolute atomic E-state index is 0. The van der Waals surface area contributed by atoms with Gasteiger partial charge >= 0.3 is 0 Å². The number of morpholine rings is 1. The number of H-pyrrole nitrogens is 1. The van der Waals surface area contributed by atoms with Crippen LogP contribution in [0.3, 0.4) is 0 Å². The lowest BCUT2D eigenvalue weighted by atomic mass is 10.0. The van der Waals surface area contributed by atoms with Crippen LogP contribution in [0.1, 0.15) is 23.0 Å². The molecule has 0 spiro atoms. The number of carbonyl (C=O) groups is 1. The van der Waals surface area contributed by atoms with Gasteiger partial charge in [-0.15, -0.1) is 12.4 Å². The van der Waals surface area contributed by atoms with Crippen molar-refractivity contribution < 1.29 is 14.3 Å². The van der Waals surface area contributed by atoms with E-state index in [1.54, 1.807) is 4.90 Å². The van der Waals surface area contributed by atoms with Gasteiger partial charge in [0.25, 0.3) is 0 Å². The molecule has 0 bridgehead atoms. The van der Waals surface area contributed by atoms with Crippen molar-refractivity contribution in [3.05, 3.63) is 17.0 Å². The summed E-state index contributed by atoms with van der Waals surface area (Å²) in [5.74, 6) is -0.111. The Morgan fingerprint density at radius 3 is 2.90 bits per heavy atom. The van der Waals surface area contributed by atoms with Gasteiger partial charge in [-0.3, -0.25) is 9.89 Å². The zero-order chi connectivity index (χ0) is 14.7. The maximum atomic E-state index is 12.5. The topological polar surface area (TPSA) is 93.5 Å². The first-order chi connectivity index (χ1) is 9.56. The summed E-state index contributed by atoms with van der Waals surface area (Å²) in [7, 11) is 1.54. The summed E-state index contributed by atoms with van der Waals surface area (Å²) in [6, 6.07) is -0.786. The summed E-state index contributed by atoms with van der Waals surface area (Å²) in [5.41, 5.74) is 8.73. The van der Waals surface area contributed by atoms with E-state index in [0.717, 1.165) is 17.0 Å². The average Bonchev–Trinajstić information content (AvgIpc) is 2.77. The summed E-state index contributed by atoms with van der Waals surface area (Å²) in [6.07, 6.45) is 0. The Kier molecular flexibility index (Phi) is 6.60. The Morgan fingerprint density at radius 2 is 2.33 bits per heavy atom. The number of hydrogen-bond acceptors (Lipinski definition) is 5. The maximum Gasteiger partial charge on any atom is 0.242 e. The Balaban J connectivity index is 0.00000220. The van der Waals surface area contributed by atoms with Gasteiger partial charge in [0.1, 0.15) is 6.04 Å². The first-order valence-electron chi connectivity index (χ1n) is 6.70. The summed E-state index contributed by atoms with van der Waals surface area (Å²) < 4.78 is 10.5. The van der Waals surface area contributed by atoms with Crippen LogP contribution in [0.15, 0.2) is 0 Å². The predicted molar refractivity (Wildman–Crippen MR) is 80.4 cm³/mol. The number of nitrogens with zero attached hydrogens (tertiary/aromatic N) is 2. The molecule has 120 valence electrons. The molecular formula is C13H23ClN4O3. The normalized spacial score (nSPS) is 20.0. The molecule has 1 aromatic rings. The fourth-order valence-electron chi connectivity index (χ4n) is 2.62. The van der Waals surface area contributed by atoms with Crippen molar-refractivity contribution in [1.29, 1.82) is 0 Å². The molecule has 3 N–H and O–H groups in total. The number of amides is 1. The highest BCUT2D eigenvalue weighted by Crippen LogP contribution is 2.28. The van der Waals surface area contributed by atoms with Gasteiger partial charge in [0, 0.05) is 24.9 Å². The van der Waals surface area contributed by atoms with Crippen molar-refractivity contribution in [3.8, 4) is 0 Å². The number of rotatable bonds is 4. The molecule has 0 saturated carbocycles. The molecule has 1 aliphatic heterocycles. The lowest BCUT2D eigenvalue weighted by Gasteiger charge is -2.37. The number of ether oxygens (including phenoxy) is 2. The largest absolute Gasteiger partial charge is 0.383 e. The molecule has 1 fully saturated rings. The third-order valence-corrected chi connectivity index (χ3v) is 3.59. The summed E-state index contributed by atoms with van der Waals surface area (Å²) in [6.45, 7) is 5.61. The molecular weight excluding hydrogens is 296 g/mol. The van der Waals surface area contributed by atoms with Crippen molar-refractivity contribution in [3.63, 3.8) is 0 Å². The quantitative estimate of drug-likeness (QED) is 0.834. The number of nitrogens with two attached hydrogens (primary N) is 1. The lowest BCUT2D eigenvalue weighted by Crippen LogP contribution is -2.51. The van der Waals surface area contributed by atoms with Crippen LogP contribution >= 0.6 is 12.4 Å². The number of hydrogen-bond donors (Lipinski definition) is 2. The third-order valence-electron chi connectivity index (χ3n) is 3.59. The highest BCUT2D eigenvalue weighted by atomic mass is 35.5. The van der Waals surface area contributed by atoms with Gasteiger partial charge in [0.15, 0.2) is 0 Å². The zero-order valence-electron chi connectivity index (χ0n) is 12.6. The number of aromatic nitrogens is 2. The molecule has 2 unspecified atom stereocenters. The predicted octanol–water partition coefficient (Wildman–Crippen LogP) is 0.322. The van der Waals surface area contributed by atoms with E-state index in [1.807, 2.05) is 13.8 Å². The first kappa shape index (κ1) is 17.9. The minimum atomic E-state index is -0.645. The van der Waals surface area contributed by atoms with E-state index in [1.165, 1.54) is 7.11 Å². The van der Waals surface area contributed by atoms with E-state index in [2.05, 4.69) is 10.2 Å². The molecule has 8 heteroatoms. The van der Waals surface area contributed by atoms with E-state index in [0.29, 0.717) is 19.8 Å². The second-order valence-electron chi connectivity index (χ2n) is 5.03. The summed E-state index contributed by atoms with van der Waals surface area (Å²) in [4.78, 5) is 14.2. The van der Waals surface area contributed by atoms with Crippen LogP contribution in [-0.4, -0.2) is 60.5 Å². The maximum absolute atomic E-state index is 12.5. The molecule has 7 nitrogen and oxygen atoms in total.